The number of hydrogen-bond donors (Lipinski definition) is 2. The Morgan fingerprint density at radius 1 is 1.00 bits per heavy atom. The maximum absolute atomic E-state index is 12.1. The van der Waals surface area contributed by atoms with E-state index in [-0.39, 0.29) is 0 Å². The summed E-state index contributed by atoms with van der Waals surface area (Å²) in [5.74, 6) is 0. The smallest absolute Gasteiger partial charge is 0.216 e. The van der Waals surface area contributed by atoms with Crippen LogP contribution < -0.4 is 5.14 Å². The van der Waals surface area contributed by atoms with Crippen LogP contribution in [0.5, 0.6) is 0 Å². The number of nitrogens with zero attached hydrogens (tertiary/aromatic N) is 1. The third-order valence-electron chi connectivity index (χ3n) is 5.47. The molecule has 1 aliphatic rings. The van der Waals surface area contributed by atoms with Gasteiger partial charge in [-0.05, 0) is 11.1 Å². The monoisotopic (exact) mass is 412 g/mol. The van der Waals surface area contributed by atoms with Gasteiger partial charge in [-0.3, -0.25) is 4.90 Å². The Bertz CT molecular complexity index is 917. The number of aliphatic hydroxyl groups is 1. The number of hydrogen-bond acceptors (Lipinski definition) is 4. The van der Waals surface area contributed by atoms with Crippen LogP contribution in [0, 0.1) is 5.41 Å². The van der Waals surface area contributed by atoms with Gasteiger partial charge in [0.25, 0.3) is 0 Å². The molecule has 2 aromatic rings. The average Bonchev–Trinajstić information content (AvgIpc) is 2.69. The fourth-order valence-electron chi connectivity index (χ4n) is 3.80. The first-order valence-corrected chi connectivity index (χ1v) is 11.3. The number of rotatable bonds is 8. The van der Waals surface area contributed by atoms with Crippen LogP contribution in [-0.2, 0) is 23.1 Å². The lowest BCUT2D eigenvalue weighted by Crippen LogP contribution is -2.51. The van der Waals surface area contributed by atoms with E-state index in [0.29, 0.717) is 19.6 Å². The van der Waals surface area contributed by atoms with Crippen LogP contribution in [0.4, 0.5) is 0 Å². The fraction of sp³-hybridized carbons (Fsp3) is 0.304. The topological polar surface area (TPSA) is 83.6 Å². The van der Waals surface area contributed by atoms with Crippen LogP contribution >= 0.6 is 0 Å². The zero-order chi connectivity index (χ0) is 20.9. The van der Waals surface area contributed by atoms with Gasteiger partial charge in [-0.15, -0.1) is 0 Å². The molecule has 3 unspecified atom stereocenters. The molecule has 0 heterocycles. The van der Waals surface area contributed by atoms with Crippen LogP contribution in [0.3, 0.4) is 0 Å². The van der Waals surface area contributed by atoms with Gasteiger partial charge in [-0.2, -0.15) is 0 Å². The average molecular weight is 413 g/mol. The predicted molar refractivity (Wildman–Crippen MR) is 116 cm³/mol. The van der Waals surface area contributed by atoms with Crippen LogP contribution in [0.1, 0.15) is 18.1 Å². The van der Waals surface area contributed by atoms with Gasteiger partial charge in [-0.1, -0.05) is 91.9 Å². The van der Waals surface area contributed by atoms with E-state index in [2.05, 4.69) is 4.90 Å². The second-order valence-electron chi connectivity index (χ2n) is 7.78. The van der Waals surface area contributed by atoms with E-state index in [4.69, 9.17) is 5.14 Å². The molecule has 1 aliphatic carbocycles. The maximum atomic E-state index is 12.1. The molecule has 29 heavy (non-hydrogen) atoms. The minimum atomic E-state index is -3.85. The summed E-state index contributed by atoms with van der Waals surface area (Å²) in [5.41, 5.74) is 1.25. The van der Waals surface area contributed by atoms with E-state index >= 15 is 0 Å². The quantitative estimate of drug-likeness (QED) is 0.698. The van der Waals surface area contributed by atoms with Crippen LogP contribution in [0.15, 0.2) is 85.0 Å². The van der Waals surface area contributed by atoms with Crippen molar-refractivity contribution in [3.63, 3.8) is 0 Å². The van der Waals surface area contributed by atoms with Gasteiger partial charge in [0, 0.05) is 25.0 Å². The summed E-state index contributed by atoms with van der Waals surface area (Å²) >= 11 is 0. The molecular weight excluding hydrogens is 384 g/mol. The molecule has 0 aromatic heterocycles. The van der Waals surface area contributed by atoms with E-state index in [0.717, 1.165) is 11.1 Å². The van der Waals surface area contributed by atoms with Crippen LogP contribution in [0.2, 0.25) is 0 Å². The lowest BCUT2D eigenvalue weighted by Gasteiger charge is -2.40. The van der Waals surface area contributed by atoms with Gasteiger partial charge in [-0.25, -0.2) is 13.6 Å². The normalized spacial score (nSPS) is 22.7. The SMILES string of the molecule is CC1(C(O)CN(Cc2ccccc2)Cc2ccccc2)C=CC=CC1S(N)(=O)=O. The highest BCUT2D eigenvalue weighted by Crippen LogP contribution is 2.36. The lowest BCUT2D eigenvalue weighted by molar-refractivity contribution is 0.0314. The second-order valence-corrected chi connectivity index (χ2v) is 9.46. The van der Waals surface area contributed by atoms with Crippen molar-refractivity contribution in [1.82, 2.24) is 4.90 Å². The van der Waals surface area contributed by atoms with E-state index in [1.54, 1.807) is 31.2 Å². The van der Waals surface area contributed by atoms with Crippen molar-refractivity contribution in [3.05, 3.63) is 96.1 Å². The highest BCUT2D eigenvalue weighted by Gasteiger charge is 2.44. The zero-order valence-corrected chi connectivity index (χ0v) is 17.4. The van der Waals surface area contributed by atoms with Gasteiger partial charge >= 0.3 is 0 Å². The molecule has 0 aliphatic heterocycles. The molecule has 0 saturated carbocycles. The molecule has 3 atom stereocenters. The Morgan fingerprint density at radius 2 is 1.52 bits per heavy atom. The molecule has 0 fully saturated rings. The van der Waals surface area contributed by atoms with Crippen molar-refractivity contribution < 1.29 is 13.5 Å². The van der Waals surface area contributed by atoms with Crippen LogP contribution in [-0.4, -0.2) is 36.3 Å². The molecule has 154 valence electrons. The first-order valence-electron chi connectivity index (χ1n) is 9.65. The first-order chi connectivity index (χ1) is 13.8. The van der Waals surface area contributed by atoms with Crippen molar-refractivity contribution >= 4 is 10.0 Å². The Kier molecular flexibility index (Phi) is 6.70. The van der Waals surface area contributed by atoms with Crippen molar-refractivity contribution in [3.8, 4) is 0 Å². The summed E-state index contributed by atoms with van der Waals surface area (Å²) in [7, 11) is -3.85. The van der Waals surface area contributed by atoms with Gasteiger partial charge in [0.15, 0.2) is 0 Å². The molecule has 6 heteroatoms. The summed E-state index contributed by atoms with van der Waals surface area (Å²) < 4.78 is 24.3. The molecule has 0 amide bonds. The van der Waals surface area contributed by atoms with Crippen LogP contribution in [0.25, 0.3) is 0 Å². The van der Waals surface area contributed by atoms with Gasteiger partial charge in [0.05, 0.1) is 6.10 Å². The highest BCUT2D eigenvalue weighted by atomic mass is 32.2. The molecule has 5 nitrogen and oxygen atoms in total. The lowest BCUT2D eigenvalue weighted by atomic mass is 9.77. The van der Waals surface area contributed by atoms with E-state index in [1.807, 2.05) is 60.7 Å². The molecule has 3 N–H and O–H groups in total. The standard InChI is InChI=1S/C23H28N2O3S/c1-23(15-9-8-14-22(23)29(24,27)28)21(26)18-25(16-19-10-4-2-5-11-19)17-20-12-6-3-7-13-20/h2-15,21-22,26H,16-18H2,1H3,(H2,24,27,28). The molecule has 0 bridgehead atoms. The molecule has 3 rings (SSSR count). The van der Waals surface area contributed by atoms with E-state index in [1.165, 1.54) is 0 Å². The summed E-state index contributed by atoms with van der Waals surface area (Å²) in [6, 6.07) is 20.1. The van der Waals surface area contributed by atoms with Crippen molar-refractivity contribution in [2.75, 3.05) is 6.54 Å². The number of allylic oxidation sites excluding steroid dienone is 2. The Hall–Kier alpha value is -2.25. The van der Waals surface area contributed by atoms with Gasteiger partial charge < -0.3 is 5.11 Å². The largest absolute Gasteiger partial charge is 0.391 e. The minimum absolute atomic E-state index is 0.310. The maximum Gasteiger partial charge on any atom is 0.216 e. The summed E-state index contributed by atoms with van der Waals surface area (Å²) in [6.07, 6.45) is 5.81. The fourth-order valence-corrected chi connectivity index (χ4v) is 5.06. The molecule has 2 aromatic carbocycles. The Morgan fingerprint density at radius 3 is 2.00 bits per heavy atom. The number of nitrogens with two attached hydrogens (primary N) is 1. The van der Waals surface area contributed by atoms with E-state index < -0.39 is 26.8 Å². The molecular formula is C23H28N2O3S. The Labute approximate surface area is 173 Å². The van der Waals surface area contributed by atoms with Gasteiger partial charge in [0.1, 0.15) is 5.25 Å². The predicted octanol–water partition coefficient (Wildman–Crippen LogP) is 2.84. The van der Waals surface area contributed by atoms with Crippen molar-refractivity contribution in [2.24, 2.45) is 10.6 Å². The molecule has 0 spiro atoms. The summed E-state index contributed by atoms with van der Waals surface area (Å²) in [4.78, 5) is 2.13. The number of primary sulfonamides is 1. The summed E-state index contributed by atoms with van der Waals surface area (Å²) in [6.45, 7) is 3.34. The minimum Gasteiger partial charge on any atom is -0.391 e. The Balaban J connectivity index is 1.83. The number of benzene rings is 2. The third kappa shape index (κ3) is 5.42. The highest BCUT2D eigenvalue weighted by molar-refractivity contribution is 7.90. The summed E-state index contributed by atoms with van der Waals surface area (Å²) in [5, 5.41) is 15.6. The second kappa shape index (κ2) is 9.05. The first kappa shape index (κ1) is 21.5. The van der Waals surface area contributed by atoms with Gasteiger partial charge in [0.2, 0.25) is 10.0 Å². The number of sulfonamides is 1. The van der Waals surface area contributed by atoms with E-state index in [9.17, 15) is 13.5 Å². The zero-order valence-electron chi connectivity index (χ0n) is 16.6. The van der Waals surface area contributed by atoms with Crippen molar-refractivity contribution in [1.29, 1.82) is 0 Å². The number of aliphatic hydroxyl groups excluding tert-OH is 1. The third-order valence-corrected chi connectivity index (χ3v) is 6.84. The molecule has 0 radical (unpaired) electrons. The molecule has 0 saturated heterocycles. The van der Waals surface area contributed by atoms with Crippen molar-refractivity contribution in [2.45, 2.75) is 31.4 Å².